The molecule has 0 saturated heterocycles. The summed E-state index contributed by atoms with van der Waals surface area (Å²) in [5, 5.41) is 11.5. The van der Waals surface area contributed by atoms with Crippen molar-refractivity contribution in [3.63, 3.8) is 0 Å². The Morgan fingerprint density at radius 2 is 1.89 bits per heavy atom. The summed E-state index contributed by atoms with van der Waals surface area (Å²) in [7, 11) is 0. The van der Waals surface area contributed by atoms with Gasteiger partial charge in [0, 0.05) is 30.9 Å². The number of carboxylic acid groups (broad SMARTS) is 1. The highest BCUT2D eigenvalue weighted by atomic mass is 16.4. The van der Waals surface area contributed by atoms with Gasteiger partial charge < -0.3 is 10.4 Å². The Balaban J connectivity index is 2.33. The quantitative estimate of drug-likeness (QED) is 0.790. The molecule has 0 bridgehead atoms. The standard InChI is InChI=1S/C14H20N2O3/c1-14(2,6-3-12(17)18)7-10-16-13(19)11-4-8-15-9-5-11/h4-5,8-9H,3,6-7,10H2,1-2H3,(H,16,19)(H,17,18). The molecule has 0 spiro atoms. The summed E-state index contributed by atoms with van der Waals surface area (Å²) in [6.45, 7) is 4.55. The molecule has 0 unspecified atom stereocenters. The summed E-state index contributed by atoms with van der Waals surface area (Å²) in [5.41, 5.74) is 0.488. The summed E-state index contributed by atoms with van der Waals surface area (Å²) >= 11 is 0. The maximum absolute atomic E-state index is 11.8. The largest absolute Gasteiger partial charge is 0.481 e. The maximum atomic E-state index is 11.8. The fraction of sp³-hybridized carbons (Fsp3) is 0.500. The zero-order valence-corrected chi connectivity index (χ0v) is 11.3. The van der Waals surface area contributed by atoms with Gasteiger partial charge in [0.15, 0.2) is 0 Å². The van der Waals surface area contributed by atoms with Crippen molar-refractivity contribution in [1.29, 1.82) is 0 Å². The summed E-state index contributed by atoms with van der Waals surface area (Å²) in [5.74, 6) is -0.912. The SMILES string of the molecule is CC(C)(CCNC(=O)c1ccncc1)CCC(=O)O. The van der Waals surface area contributed by atoms with Crippen LogP contribution in [0.4, 0.5) is 0 Å². The Morgan fingerprint density at radius 1 is 1.26 bits per heavy atom. The van der Waals surface area contributed by atoms with Crippen molar-refractivity contribution >= 4 is 11.9 Å². The van der Waals surface area contributed by atoms with Crippen LogP contribution in [0, 0.1) is 5.41 Å². The van der Waals surface area contributed by atoms with E-state index < -0.39 is 5.97 Å². The maximum Gasteiger partial charge on any atom is 0.303 e. The Labute approximate surface area is 113 Å². The summed E-state index contributed by atoms with van der Waals surface area (Å²) in [6.07, 6.45) is 4.66. The molecule has 2 N–H and O–H groups in total. The van der Waals surface area contributed by atoms with Crippen LogP contribution in [0.25, 0.3) is 0 Å². The third-order valence-corrected chi connectivity index (χ3v) is 3.05. The predicted octanol–water partition coefficient (Wildman–Crippen LogP) is 2.09. The number of rotatable bonds is 7. The van der Waals surface area contributed by atoms with E-state index in [9.17, 15) is 9.59 Å². The number of amides is 1. The lowest BCUT2D eigenvalue weighted by Gasteiger charge is -2.23. The van der Waals surface area contributed by atoms with Crippen LogP contribution in [-0.4, -0.2) is 28.5 Å². The number of carbonyl (C=O) groups is 2. The Morgan fingerprint density at radius 3 is 2.47 bits per heavy atom. The molecule has 1 rings (SSSR count). The molecule has 5 heteroatoms. The van der Waals surface area contributed by atoms with Crippen LogP contribution in [0.15, 0.2) is 24.5 Å². The van der Waals surface area contributed by atoms with Gasteiger partial charge in [0.25, 0.3) is 5.91 Å². The first-order valence-electron chi connectivity index (χ1n) is 6.31. The average molecular weight is 264 g/mol. The zero-order chi connectivity index (χ0) is 14.3. The molecule has 0 aromatic carbocycles. The minimum Gasteiger partial charge on any atom is -0.481 e. The minimum atomic E-state index is -0.783. The lowest BCUT2D eigenvalue weighted by Crippen LogP contribution is -2.28. The van der Waals surface area contributed by atoms with Gasteiger partial charge in [-0.05, 0) is 30.4 Å². The highest BCUT2D eigenvalue weighted by Crippen LogP contribution is 2.25. The van der Waals surface area contributed by atoms with Crippen molar-refractivity contribution in [2.45, 2.75) is 33.1 Å². The number of hydrogen-bond acceptors (Lipinski definition) is 3. The first-order valence-corrected chi connectivity index (χ1v) is 6.31. The van der Waals surface area contributed by atoms with Crippen LogP contribution in [0.5, 0.6) is 0 Å². The lowest BCUT2D eigenvalue weighted by molar-refractivity contribution is -0.137. The Bertz CT molecular complexity index is 430. The van der Waals surface area contributed by atoms with E-state index in [1.54, 1.807) is 24.5 Å². The molecule has 0 fully saturated rings. The first kappa shape index (κ1) is 15.1. The second-order valence-corrected chi connectivity index (χ2v) is 5.30. The van der Waals surface area contributed by atoms with Gasteiger partial charge >= 0.3 is 5.97 Å². The topological polar surface area (TPSA) is 79.3 Å². The molecular formula is C14H20N2O3. The molecule has 0 atom stereocenters. The average Bonchev–Trinajstić information content (AvgIpc) is 2.37. The van der Waals surface area contributed by atoms with Gasteiger partial charge in [0.05, 0.1) is 0 Å². The summed E-state index contributed by atoms with van der Waals surface area (Å²) in [6, 6.07) is 3.32. The number of hydrogen-bond donors (Lipinski definition) is 2. The smallest absolute Gasteiger partial charge is 0.303 e. The van der Waals surface area contributed by atoms with E-state index >= 15 is 0 Å². The number of carboxylic acids is 1. The lowest BCUT2D eigenvalue weighted by atomic mass is 9.84. The van der Waals surface area contributed by atoms with Crippen LogP contribution in [-0.2, 0) is 4.79 Å². The predicted molar refractivity (Wildman–Crippen MR) is 71.8 cm³/mol. The molecule has 0 aliphatic carbocycles. The molecule has 1 amide bonds. The molecule has 1 heterocycles. The van der Waals surface area contributed by atoms with Crippen LogP contribution < -0.4 is 5.32 Å². The van der Waals surface area contributed by atoms with Gasteiger partial charge in [0.2, 0.25) is 0 Å². The number of nitrogens with zero attached hydrogens (tertiary/aromatic N) is 1. The van der Waals surface area contributed by atoms with Gasteiger partial charge in [-0.15, -0.1) is 0 Å². The monoisotopic (exact) mass is 264 g/mol. The van der Waals surface area contributed by atoms with Crippen molar-refractivity contribution in [1.82, 2.24) is 10.3 Å². The summed E-state index contributed by atoms with van der Waals surface area (Å²) in [4.78, 5) is 26.2. The van der Waals surface area contributed by atoms with Crippen molar-refractivity contribution in [3.05, 3.63) is 30.1 Å². The van der Waals surface area contributed by atoms with E-state index in [-0.39, 0.29) is 17.7 Å². The number of carbonyl (C=O) groups excluding carboxylic acids is 1. The van der Waals surface area contributed by atoms with Gasteiger partial charge in [-0.3, -0.25) is 14.6 Å². The van der Waals surface area contributed by atoms with Gasteiger partial charge in [-0.2, -0.15) is 0 Å². The Kier molecular flexibility index (Phi) is 5.48. The zero-order valence-electron chi connectivity index (χ0n) is 11.3. The van der Waals surface area contributed by atoms with Gasteiger partial charge in [0.1, 0.15) is 0 Å². The molecule has 104 valence electrons. The van der Waals surface area contributed by atoms with Crippen molar-refractivity contribution in [2.75, 3.05) is 6.54 Å². The van der Waals surface area contributed by atoms with Gasteiger partial charge in [-0.1, -0.05) is 13.8 Å². The van der Waals surface area contributed by atoms with Crippen LogP contribution in [0.1, 0.15) is 43.5 Å². The third-order valence-electron chi connectivity index (χ3n) is 3.05. The fourth-order valence-electron chi connectivity index (χ4n) is 1.69. The highest BCUT2D eigenvalue weighted by Gasteiger charge is 2.19. The van der Waals surface area contributed by atoms with E-state index in [0.717, 1.165) is 6.42 Å². The van der Waals surface area contributed by atoms with Crippen molar-refractivity contribution in [2.24, 2.45) is 5.41 Å². The minimum absolute atomic E-state index is 0.0933. The molecule has 5 nitrogen and oxygen atoms in total. The number of aromatic nitrogens is 1. The first-order chi connectivity index (χ1) is 8.91. The molecular weight excluding hydrogens is 244 g/mol. The molecule has 0 saturated carbocycles. The highest BCUT2D eigenvalue weighted by molar-refractivity contribution is 5.93. The molecule has 0 radical (unpaired) electrons. The number of aliphatic carboxylic acids is 1. The van der Waals surface area contributed by atoms with Gasteiger partial charge in [-0.25, -0.2) is 0 Å². The van der Waals surface area contributed by atoms with Crippen molar-refractivity contribution < 1.29 is 14.7 Å². The molecule has 0 aliphatic rings. The van der Waals surface area contributed by atoms with E-state index in [1.165, 1.54) is 0 Å². The molecule has 0 aliphatic heterocycles. The summed E-state index contributed by atoms with van der Waals surface area (Å²) < 4.78 is 0. The molecule has 1 aromatic heterocycles. The second-order valence-electron chi connectivity index (χ2n) is 5.30. The second kappa shape index (κ2) is 6.87. The van der Waals surface area contributed by atoms with Crippen LogP contribution in [0.2, 0.25) is 0 Å². The number of nitrogens with one attached hydrogen (secondary N) is 1. The van der Waals surface area contributed by atoms with Crippen molar-refractivity contribution in [3.8, 4) is 0 Å². The molecule has 1 aromatic rings. The third kappa shape index (κ3) is 5.99. The van der Waals surface area contributed by atoms with E-state index in [4.69, 9.17) is 5.11 Å². The van der Waals surface area contributed by atoms with E-state index in [1.807, 2.05) is 13.8 Å². The Hall–Kier alpha value is -1.91. The van der Waals surface area contributed by atoms with E-state index in [2.05, 4.69) is 10.3 Å². The molecule has 19 heavy (non-hydrogen) atoms. The van der Waals surface area contributed by atoms with Crippen LogP contribution in [0.3, 0.4) is 0 Å². The normalized spacial score (nSPS) is 11.1. The van der Waals surface area contributed by atoms with Crippen LogP contribution >= 0.6 is 0 Å². The van der Waals surface area contributed by atoms with E-state index in [0.29, 0.717) is 18.5 Å². The number of pyridine rings is 1. The fourth-order valence-corrected chi connectivity index (χ4v) is 1.69.